The first-order valence-corrected chi connectivity index (χ1v) is 9.26. The van der Waals surface area contributed by atoms with Gasteiger partial charge in [0.2, 0.25) is 0 Å². The van der Waals surface area contributed by atoms with Crippen molar-refractivity contribution >= 4 is 14.5 Å². The first kappa shape index (κ1) is 17.7. The van der Waals surface area contributed by atoms with Crippen molar-refractivity contribution in [2.45, 2.75) is 77.5 Å². The lowest BCUT2D eigenvalue weighted by atomic mass is 10.2. The Morgan fingerprint density at radius 2 is 1.75 bits per heavy atom. The van der Waals surface area contributed by atoms with Crippen molar-refractivity contribution in [1.82, 2.24) is 0 Å². The first-order chi connectivity index (χ1) is 8.99. The zero-order valence-electron chi connectivity index (χ0n) is 14.0. The van der Waals surface area contributed by atoms with Crippen molar-refractivity contribution in [2.75, 3.05) is 13.2 Å². The Labute approximate surface area is 124 Å². The van der Waals surface area contributed by atoms with Crippen LogP contribution in [0.15, 0.2) is 0 Å². The maximum absolute atomic E-state index is 10.9. The van der Waals surface area contributed by atoms with E-state index in [-0.39, 0.29) is 22.1 Å². The van der Waals surface area contributed by atoms with E-state index in [1.54, 1.807) is 0 Å². The molecule has 20 heavy (non-hydrogen) atoms. The lowest BCUT2D eigenvalue weighted by molar-refractivity contribution is -0.141. The molecule has 1 saturated heterocycles. The van der Waals surface area contributed by atoms with E-state index in [1.165, 1.54) is 6.92 Å². The summed E-state index contributed by atoms with van der Waals surface area (Å²) in [6, 6.07) is 0. The summed E-state index contributed by atoms with van der Waals surface area (Å²) in [5, 5.41) is 0.0106. The normalized spacial score (nSPS) is 23.4. The van der Waals surface area contributed by atoms with Crippen LogP contribution in [-0.2, 0) is 18.4 Å². The van der Waals surface area contributed by atoms with Gasteiger partial charge < -0.3 is 13.6 Å². The summed E-state index contributed by atoms with van der Waals surface area (Å²) in [4.78, 5) is 10.9. The third-order valence-corrected chi connectivity index (χ3v) is 9.02. The predicted molar refractivity (Wildman–Crippen MR) is 81.9 cm³/mol. The minimum Gasteiger partial charge on any atom is -0.466 e. The largest absolute Gasteiger partial charge is 0.466 e. The average molecular weight is 302 g/mol. The average Bonchev–Trinajstić information content (AvgIpc) is 2.25. The molecule has 4 nitrogen and oxygen atoms in total. The molecule has 0 aromatic heterocycles. The van der Waals surface area contributed by atoms with Crippen LogP contribution in [0, 0.1) is 0 Å². The summed E-state index contributed by atoms with van der Waals surface area (Å²) in [5.41, 5.74) is 0. The smallest absolute Gasteiger partial charge is 0.349 e. The molecule has 0 aromatic rings. The van der Waals surface area contributed by atoms with Crippen LogP contribution in [0.25, 0.3) is 0 Å². The number of hydrogen-bond acceptors (Lipinski definition) is 4. The minimum atomic E-state index is -2.37. The Hall–Kier alpha value is -0.393. The molecule has 0 aliphatic carbocycles. The molecule has 1 atom stereocenters. The summed E-state index contributed by atoms with van der Waals surface area (Å²) in [5.74, 6) is -0.229. The molecule has 1 aliphatic rings. The van der Waals surface area contributed by atoms with Crippen molar-refractivity contribution < 1.29 is 18.4 Å². The van der Waals surface area contributed by atoms with Crippen LogP contribution in [0.2, 0.25) is 10.1 Å². The lowest BCUT2D eigenvalue weighted by Crippen LogP contribution is -2.61. The van der Waals surface area contributed by atoms with Crippen molar-refractivity contribution in [1.29, 1.82) is 0 Å². The maximum atomic E-state index is 10.9. The highest BCUT2D eigenvalue weighted by Crippen LogP contribution is 2.54. The maximum Gasteiger partial charge on any atom is 0.349 e. The number of esters is 1. The molecule has 0 spiro atoms. The number of hydrogen-bond donors (Lipinski definition) is 0. The van der Waals surface area contributed by atoms with E-state index in [9.17, 15) is 4.79 Å². The molecular weight excluding hydrogens is 272 g/mol. The molecule has 0 amide bonds. The molecule has 5 heteroatoms. The fourth-order valence-electron chi connectivity index (χ4n) is 3.11. The summed E-state index contributed by atoms with van der Waals surface area (Å²) >= 11 is 0. The molecule has 0 bridgehead atoms. The molecule has 0 N–H and O–H groups in total. The summed E-state index contributed by atoms with van der Waals surface area (Å²) in [6.45, 7) is 15.9. The third-order valence-electron chi connectivity index (χ3n) is 3.80. The van der Waals surface area contributed by atoms with Gasteiger partial charge in [0.1, 0.15) is 0 Å². The van der Waals surface area contributed by atoms with Gasteiger partial charge in [0, 0.05) is 30.0 Å². The second-order valence-electron chi connectivity index (χ2n) is 7.62. The zero-order valence-corrected chi connectivity index (χ0v) is 15.0. The Bertz CT molecular complexity index is 327. The number of ether oxygens (including phenoxy) is 1. The molecule has 0 aromatic carbocycles. The monoisotopic (exact) mass is 302 g/mol. The van der Waals surface area contributed by atoms with Crippen LogP contribution >= 0.6 is 0 Å². The van der Waals surface area contributed by atoms with E-state index < -0.39 is 8.56 Å². The van der Waals surface area contributed by atoms with E-state index in [0.29, 0.717) is 6.61 Å². The second-order valence-corrected chi connectivity index (χ2v) is 12.4. The highest BCUT2D eigenvalue weighted by Gasteiger charge is 2.60. The van der Waals surface area contributed by atoms with Gasteiger partial charge in [0.25, 0.3) is 0 Å². The number of rotatable bonds is 3. The lowest BCUT2D eigenvalue weighted by Gasteiger charge is -2.53. The van der Waals surface area contributed by atoms with E-state index in [2.05, 4.69) is 41.5 Å². The minimum absolute atomic E-state index is 0.00531. The zero-order chi connectivity index (χ0) is 15.6. The first-order valence-electron chi connectivity index (χ1n) is 7.45. The highest BCUT2D eigenvalue weighted by molar-refractivity contribution is 6.73. The quantitative estimate of drug-likeness (QED) is 0.588. The molecule has 1 unspecified atom stereocenters. The van der Waals surface area contributed by atoms with Gasteiger partial charge in [-0.05, 0) is 6.42 Å². The molecular formula is C15H30O4Si. The topological polar surface area (TPSA) is 44.8 Å². The van der Waals surface area contributed by atoms with Crippen LogP contribution in [-0.4, -0.2) is 33.8 Å². The van der Waals surface area contributed by atoms with Gasteiger partial charge in [-0.15, -0.1) is 0 Å². The Kier molecular flexibility index (Phi) is 5.44. The standard InChI is InChI=1S/C15H30O4Si/c1-12(16)17-10-8-13-9-11-18-20(19-13,14(2,3)4)15(5,6)7/h13H,8-11H2,1-7H3. The summed E-state index contributed by atoms with van der Waals surface area (Å²) in [6.07, 6.45) is 1.76. The molecule has 1 fully saturated rings. The Morgan fingerprint density at radius 3 is 2.20 bits per heavy atom. The second kappa shape index (κ2) is 6.16. The molecule has 1 heterocycles. The van der Waals surface area contributed by atoms with Crippen molar-refractivity contribution in [2.24, 2.45) is 0 Å². The van der Waals surface area contributed by atoms with Crippen molar-refractivity contribution in [3.63, 3.8) is 0 Å². The molecule has 1 aliphatic heterocycles. The number of carbonyl (C=O) groups is 1. The highest BCUT2D eigenvalue weighted by atomic mass is 28.4. The van der Waals surface area contributed by atoms with Crippen LogP contribution in [0.3, 0.4) is 0 Å². The van der Waals surface area contributed by atoms with Gasteiger partial charge in [0.15, 0.2) is 0 Å². The van der Waals surface area contributed by atoms with Crippen LogP contribution < -0.4 is 0 Å². The van der Waals surface area contributed by atoms with Crippen LogP contribution in [0.5, 0.6) is 0 Å². The van der Waals surface area contributed by atoms with Gasteiger partial charge in [-0.2, -0.15) is 0 Å². The van der Waals surface area contributed by atoms with E-state index in [4.69, 9.17) is 13.6 Å². The Morgan fingerprint density at radius 1 is 1.20 bits per heavy atom. The third kappa shape index (κ3) is 3.83. The van der Waals surface area contributed by atoms with Gasteiger partial charge in [-0.1, -0.05) is 41.5 Å². The van der Waals surface area contributed by atoms with Gasteiger partial charge in [-0.25, -0.2) is 0 Å². The predicted octanol–water partition coefficient (Wildman–Crippen LogP) is 3.79. The Balaban J connectivity index is 2.80. The van der Waals surface area contributed by atoms with E-state index >= 15 is 0 Å². The van der Waals surface area contributed by atoms with Gasteiger partial charge in [0.05, 0.1) is 12.7 Å². The summed E-state index contributed by atoms with van der Waals surface area (Å²) in [7, 11) is -2.37. The van der Waals surface area contributed by atoms with Gasteiger partial charge >= 0.3 is 14.5 Å². The van der Waals surface area contributed by atoms with Crippen LogP contribution in [0.4, 0.5) is 0 Å². The summed E-state index contributed by atoms with van der Waals surface area (Å²) < 4.78 is 17.8. The molecule has 0 saturated carbocycles. The fraction of sp³-hybridized carbons (Fsp3) is 0.933. The van der Waals surface area contributed by atoms with Crippen molar-refractivity contribution in [3.05, 3.63) is 0 Å². The molecule has 1 rings (SSSR count). The SMILES string of the molecule is CC(=O)OCCC1CCO[Si](C(C)(C)C)(C(C)(C)C)O1. The van der Waals surface area contributed by atoms with E-state index in [1.807, 2.05) is 0 Å². The molecule has 0 radical (unpaired) electrons. The van der Waals surface area contributed by atoms with Crippen molar-refractivity contribution in [3.8, 4) is 0 Å². The van der Waals surface area contributed by atoms with Gasteiger partial charge in [-0.3, -0.25) is 4.79 Å². The van der Waals surface area contributed by atoms with Crippen LogP contribution in [0.1, 0.15) is 61.3 Å². The molecule has 118 valence electrons. The number of carbonyl (C=O) groups excluding carboxylic acids is 1. The van der Waals surface area contributed by atoms with E-state index in [0.717, 1.165) is 19.4 Å². The fourth-order valence-corrected chi connectivity index (χ4v) is 8.11.